The average molecular weight is 274 g/mol. The van der Waals surface area contributed by atoms with Crippen LogP contribution in [0.2, 0.25) is 0 Å². The van der Waals surface area contributed by atoms with Gasteiger partial charge in [-0.05, 0) is 62.7 Å². The lowest BCUT2D eigenvalue weighted by atomic mass is 9.48. The molecule has 0 bridgehead atoms. The summed E-state index contributed by atoms with van der Waals surface area (Å²) in [6.07, 6.45) is 12.9. The minimum Gasteiger partial charge on any atom is -0.390 e. The van der Waals surface area contributed by atoms with Crippen LogP contribution >= 0.6 is 0 Å². The van der Waals surface area contributed by atoms with Gasteiger partial charge in [0, 0.05) is 5.41 Å². The van der Waals surface area contributed by atoms with Crippen molar-refractivity contribution < 1.29 is 5.11 Å². The van der Waals surface area contributed by atoms with E-state index in [9.17, 15) is 5.11 Å². The summed E-state index contributed by atoms with van der Waals surface area (Å²) in [5, 5.41) is 10.8. The molecule has 0 spiro atoms. The van der Waals surface area contributed by atoms with E-state index < -0.39 is 5.60 Å². The van der Waals surface area contributed by atoms with Gasteiger partial charge in [-0.3, -0.25) is 0 Å². The highest BCUT2D eigenvalue weighted by molar-refractivity contribution is 5.26. The fourth-order valence-corrected chi connectivity index (χ4v) is 5.65. The van der Waals surface area contributed by atoms with Crippen molar-refractivity contribution in [3.63, 3.8) is 0 Å². The summed E-state index contributed by atoms with van der Waals surface area (Å²) in [4.78, 5) is 0. The van der Waals surface area contributed by atoms with E-state index in [1.165, 1.54) is 38.5 Å². The Kier molecular flexibility index (Phi) is 3.21. The van der Waals surface area contributed by atoms with Crippen LogP contribution < -0.4 is 0 Å². The molecule has 3 aliphatic rings. The summed E-state index contributed by atoms with van der Waals surface area (Å²) >= 11 is 0. The third-order valence-electron chi connectivity index (χ3n) is 6.86. The Hall–Kier alpha value is -0.560. The van der Waals surface area contributed by atoms with Gasteiger partial charge in [-0.15, -0.1) is 6.58 Å². The summed E-state index contributed by atoms with van der Waals surface area (Å²) in [7, 11) is 0. The topological polar surface area (TPSA) is 20.2 Å². The number of aliphatic hydroxyl groups is 1. The van der Waals surface area contributed by atoms with Crippen molar-refractivity contribution in [1.29, 1.82) is 0 Å². The number of rotatable bonds is 1. The van der Waals surface area contributed by atoms with Crippen molar-refractivity contribution in [3.8, 4) is 0 Å². The molecule has 0 unspecified atom stereocenters. The molecule has 5 atom stereocenters. The number of fused-ring (bicyclic) bond motifs is 3. The molecule has 1 heteroatoms. The second kappa shape index (κ2) is 4.47. The molecule has 112 valence electrons. The van der Waals surface area contributed by atoms with E-state index >= 15 is 0 Å². The molecule has 0 radical (unpaired) electrons. The second-order valence-corrected chi connectivity index (χ2v) is 8.33. The van der Waals surface area contributed by atoms with Crippen molar-refractivity contribution in [1.82, 2.24) is 0 Å². The van der Waals surface area contributed by atoms with E-state index in [1.54, 1.807) is 5.57 Å². The summed E-state index contributed by atoms with van der Waals surface area (Å²) in [5.74, 6) is 1.18. The van der Waals surface area contributed by atoms with Gasteiger partial charge in [0.05, 0.1) is 5.60 Å². The molecule has 0 amide bonds. The van der Waals surface area contributed by atoms with Crippen LogP contribution in [0.3, 0.4) is 0 Å². The summed E-state index contributed by atoms with van der Waals surface area (Å²) in [6, 6.07) is 0. The minimum atomic E-state index is -0.447. The molecule has 2 fully saturated rings. The third-order valence-corrected chi connectivity index (χ3v) is 6.86. The van der Waals surface area contributed by atoms with Crippen LogP contribution in [0.5, 0.6) is 0 Å². The van der Waals surface area contributed by atoms with Crippen LogP contribution in [-0.4, -0.2) is 10.7 Å². The van der Waals surface area contributed by atoms with Crippen LogP contribution in [0.15, 0.2) is 24.3 Å². The van der Waals surface area contributed by atoms with Crippen molar-refractivity contribution in [3.05, 3.63) is 24.3 Å². The molecule has 3 rings (SSSR count). The van der Waals surface area contributed by atoms with Crippen LogP contribution in [0.25, 0.3) is 0 Å². The summed E-state index contributed by atoms with van der Waals surface area (Å²) in [5.41, 5.74) is 1.73. The largest absolute Gasteiger partial charge is 0.390 e. The second-order valence-electron chi connectivity index (χ2n) is 8.33. The SMILES string of the molecule is C=C[C@@]1(C)C=C2CC[C@H]3[C@](C)(CCC[C@@]3(C)O)[C@H]2CC1. The van der Waals surface area contributed by atoms with E-state index in [2.05, 4.69) is 39.5 Å². The molecule has 1 nitrogen and oxygen atoms in total. The molecule has 2 saturated carbocycles. The van der Waals surface area contributed by atoms with Gasteiger partial charge in [0.15, 0.2) is 0 Å². The lowest BCUT2D eigenvalue weighted by molar-refractivity contribution is -0.127. The Bertz CT molecular complexity index is 447. The summed E-state index contributed by atoms with van der Waals surface area (Å²) in [6.45, 7) is 10.9. The first-order valence-corrected chi connectivity index (χ1v) is 8.38. The van der Waals surface area contributed by atoms with Crippen molar-refractivity contribution in [2.45, 2.75) is 71.3 Å². The predicted molar refractivity (Wildman–Crippen MR) is 84.4 cm³/mol. The molecular formula is C19H30O. The van der Waals surface area contributed by atoms with E-state index in [-0.39, 0.29) is 5.41 Å². The van der Waals surface area contributed by atoms with Gasteiger partial charge in [-0.25, -0.2) is 0 Å². The molecule has 20 heavy (non-hydrogen) atoms. The molecule has 3 aliphatic carbocycles. The first-order valence-electron chi connectivity index (χ1n) is 8.38. The van der Waals surface area contributed by atoms with Gasteiger partial charge in [0.25, 0.3) is 0 Å². The monoisotopic (exact) mass is 274 g/mol. The highest BCUT2D eigenvalue weighted by Gasteiger charge is 2.55. The van der Waals surface area contributed by atoms with Crippen molar-refractivity contribution >= 4 is 0 Å². The zero-order chi connectivity index (χ0) is 14.6. The van der Waals surface area contributed by atoms with Gasteiger partial charge < -0.3 is 5.11 Å². The molecule has 1 N–H and O–H groups in total. The molecule has 0 saturated heterocycles. The van der Waals surface area contributed by atoms with Crippen molar-refractivity contribution in [2.75, 3.05) is 0 Å². The third kappa shape index (κ3) is 2.01. The number of hydrogen-bond donors (Lipinski definition) is 1. The van der Waals surface area contributed by atoms with Crippen LogP contribution in [0.1, 0.15) is 65.7 Å². The first kappa shape index (κ1) is 14.4. The standard InChI is InChI=1S/C19H30O/c1-5-17(2)12-9-15-14(13-17)7-8-16-18(15,3)10-6-11-19(16,4)20/h5,13,15-16,20H,1,6-12H2,2-4H3/t15-,16-,17+,18+,19+/m0/s1. The Morgan fingerprint density at radius 3 is 2.65 bits per heavy atom. The Morgan fingerprint density at radius 2 is 1.95 bits per heavy atom. The quantitative estimate of drug-likeness (QED) is 0.677. The maximum absolute atomic E-state index is 10.8. The van der Waals surface area contributed by atoms with Gasteiger partial charge in [-0.1, -0.05) is 38.0 Å². The molecule has 0 heterocycles. The van der Waals surface area contributed by atoms with Gasteiger partial charge in [0.2, 0.25) is 0 Å². The van der Waals surface area contributed by atoms with E-state index in [0.29, 0.717) is 17.3 Å². The van der Waals surface area contributed by atoms with Gasteiger partial charge >= 0.3 is 0 Å². The van der Waals surface area contributed by atoms with E-state index in [0.717, 1.165) is 6.42 Å². The Labute approximate surface area is 124 Å². The number of hydrogen-bond acceptors (Lipinski definition) is 1. The molecule has 0 aromatic rings. The lowest BCUT2D eigenvalue weighted by Crippen LogP contribution is -2.54. The van der Waals surface area contributed by atoms with Gasteiger partial charge in [0.1, 0.15) is 0 Å². The lowest BCUT2D eigenvalue weighted by Gasteiger charge is -2.58. The van der Waals surface area contributed by atoms with E-state index in [4.69, 9.17) is 0 Å². The minimum absolute atomic E-state index is 0.201. The maximum atomic E-state index is 10.8. The molecule has 0 aliphatic heterocycles. The average Bonchev–Trinajstić information content (AvgIpc) is 2.37. The van der Waals surface area contributed by atoms with Gasteiger partial charge in [-0.2, -0.15) is 0 Å². The van der Waals surface area contributed by atoms with Crippen LogP contribution in [0.4, 0.5) is 0 Å². The highest BCUT2D eigenvalue weighted by Crippen LogP contribution is 2.61. The fraction of sp³-hybridized carbons (Fsp3) is 0.789. The summed E-state index contributed by atoms with van der Waals surface area (Å²) < 4.78 is 0. The van der Waals surface area contributed by atoms with Crippen LogP contribution in [0, 0.1) is 22.7 Å². The number of allylic oxidation sites excluding steroid dienone is 3. The predicted octanol–water partition coefficient (Wildman–Crippen LogP) is 4.87. The van der Waals surface area contributed by atoms with E-state index in [1.807, 2.05) is 0 Å². The van der Waals surface area contributed by atoms with Crippen LogP contribution in [-0.2, 0) is 0 Å². The fourth-order valence-electron chi connectivity index (χ4n) is 5.65. The van der Waals surface area contributed by atoms with Crippen molar-refractivity contribution in [2.24, 2.45) is 22.7 Å². The molecule has 0 aromatic carbocycles. The zero-order valence-electron chi connectivity index (χ0n) is 13.4. The molecular weight excluding hydrogens is 244 g/mol. The first-order chi connectivity index (χ1) is 9.31. The zero-order valence-corrected chi connectivity index (χ0v) is 13.4. The molecule has 0 aromatic heterocycles. The Balaban J connectivity index is 1.97. The Morgan fingerprint density at radius 1 is 1.20 bits per heavy atom. The maximum Gasteiger partial charge on any atom is 0.0653 e. The highest BCUT2D eigenvalue weighted by atomic mass is 16.3. The normalized spacial score (nSPS) is 51.7. The smallest absolute Gasteiger partial charge is 0.0653 e.